The molecule has 1 fully saturated rings. The summed E-state index contributed by atoms with van der Waals surface area (Å²) in [5.74, 6) is 0.514. The fourth-order valence-corrected chi connectivity index (χ4v) is 2.35. The zero-order valence-electron chi connectivity index (χ0n) is 10.4. The van der Waals surface area contributed by atoms with Gasteiger partial charge in [0, 0.05) is 28.6 Å². The van der Waals surface area contributed by atoms with Crippen molar-refractivity contribution >= 4 is 23.1 Å². The molecular formula is C12H15ClN5O+. The third-order valence-corrected chi connectivity index (χ3v) is 3.50. The lowest BCUT2D eigenvalue weighted by atomic mass is 10.2. The third kappa shape index (κ3) is 2.44. The van der Waals surface area contributed by atoms with E-state index in [0.29, 0.717) is 5.82 Å². The molecule has 3 rings (SSSR count). The second-order valence-electron chi connectivity index (χ2n) is 4.44. The Morgan fingerprint density at radius 3 is 2.42 bits per heavy atom. The Balaban J connectivity index is 1.66. The van der Waals surface area contributed by atoms with Gasteiger partial charge < -0.3 is 9.42 Å². The van der Waals surface area contributed by atoms with Crippen LogP contribution in [0.4, 0.5) is 11.5 Å². The second-order valence-corrected chi connectivity index (χ2v) is 4.87. The molecule has 0 radical (unpaired) electrons. The van der Waals surface area contributed by atoms with Gasteiger partial charge in [-0.2, -0.15) is 0 Å². The van der Waals surface area contributed by atoms with Crippen LogP contribution in [0, 0.1) is 0 Å². The van der Waals surface area contributed by atoms with Gasteiger partial charge in [-0.15, -0.1) is 0 Å². The van der Waals surface area contributed by atoms with Crippen LogP contribution >= 0.6 is 11.6 Å². The molecule has 2 N–H and O–H groups in total. The van der Waals surface area contributed by atoms with Crippen molar-refractivity contribution in [1.29, 1.82) is 0 Å². The second kappa shape index (κ2) is 4.97. The van der Waals surface area contributed by atoms with Crippen molar-refractivity contribution < 1.29 is 9.31 Å². The Bertz CT molecular complexity index is 548. The molecular weight excluding hydrogens is 266 g/mol. The first-order valence-corrected chi connectivity index (χ1v) is 6.50. The van der Waals surface area contributed by atoms with E-state index < -0.39 is 0 Å². The molecule has 1 aliphatic rings. The van der Waals surface area contributed by atoms with Crippen molar-refractivity contribution in [3.63, 3.8) is 0 Å². The Hall–Kier alpha value is -1.95. The van der Waals surface area contributed by atoms with Gasteiger partial charge in [0.1, 0.15) is 5.27 Å². The van der Waals surface area contributed by atoms with Gasteiger partial charge in [0.25, 0.3) is 0 Å². The Morgan fingerprint density at radius 2 is 1.84 bits per heavy atom. The number of benzene rings is 1. The quantitative estimate of drug-likeness (QED) is 0.819. The van der Waals surface area contributed by atoms with E-state index in [9.17, 15) is 0 Å². The number of hydrogen-bond acceptors (Lipinski definition) is 5. The van der Waals surface area contributed by atoms with Crippen LogP contribution < -0.4 is 20.4 Å². The van der Waals surface area contributed by atoms with E-state index in [-0.39, 0.29) is 0 Å². The van der Waals surface area contributed by atoms with Crippen molar-refractivity contribution in [2.45, 2.75) is 0 Å². The van der Waals surface area contributed by atoms with Crippen LogP contribution in [0.15, 0.2) is 35.1 Å². The molecule has 7 heteroatoms. The largest absolute Gasteiger partial charge is 0.368 e. The molecule has 0 bridgehead atoms. The number of nitrogens with zero attached hydrogens (tertiary/aromatic N) is 4. The number of rotatable bonds is 2. The van der Waals surface area contributed by atoms with Crippen LogP contribution in [-0.2, 0) is 0 Å². The van der Waals surface area contributed by atoms with Crippen LogP contribution in [0.5, 0.6) is 0 Å². The average Bonchev–Trinajstić information content (AvgIpc) is 2.86. The van der Waals surface area contributed by atoms with E-state index in [1.165, 1.54) is 12.0 Å². The number of piperazine rings is 1. The smallest absolute Gasteiger partial charge is 0.360 e. The van der Waals surface area contributed by atoms with Gasteiger partial charge in [-0.1, -0.05) is 11.6 Å². The van der Waals surface area contributed by atoms with Crippen molar-refractivity contribution in [2.75, 3.05) is 41.8 Å². The number of anilines is 2. The Kier molecular flexibility index (Phi) is 3.16. The minimum absolute atomic E-state index is 0.514. The van der Waals surface area contributed by atoms with Gasteiger partial charge in [0.05, 0.1) is 13.1 Å². The number of hydrogen-bond donors (Lipinski definition) is 1. The van der Waals surface area contributed by atoms with Gasteiger partial charge >= 0.3 is 5.82 Å². The third-order valence-electron chi connectivity index (χ3n) is 3.24. The topological polar surface area (TPSA) is 62.4 Å². The molecule has 1 aromatic carbocycles. The van der Waals surface area contributed by atoms with Crippen LogP contribution in [0.3, 0.4) is 0 Å². The lowest BCUT2D eigenvalue weighted by molar-refractivity contribution is -0.746. The maximum Gasteiger partial charge on any atom is 0.360 e. The van der Waals surface area contributed by atoms with Crippen LogP contribution in [0.25, 0.3) is 0 Å². The van der Waals surface area contributed by atoms with Crippen molar-refractivity contribution in [3.8, 4) is 0 Å². The highest BCUT2D eigenvalue weighted by Gasteiger charge is 2.24. The molecule has 0 amide bonds. The fourth-order valence-electron chi connectivity index (χ4n) is 2.23. The Morgan fingerprint density at radius 1 is 1.16 bits per heavy atom. The maximum atomic E-state index is 5.90. The van der Waals surface area contributed by atoms with Crippen molar-refractivity contribution in [2.24, 2.45) is 0 Å². The van der Waals surface area contributed by atoms with E-state index in [1.54, 1.807) is 4.79 Å². The summed E-state index contributed by atoms with van der Waals surface area (Å²) in [6.45, 7) is 3.48. The summed E-state index contributed by atoms with van der Waals surface area (Å²) >= 11 is 5.90. The molecule has 0 atom stereocenters. The number of nitrogen functional groups attached to an aromatic ring is 1. The predicted octanol–water partition coefficient (Wildman–Crippen LogP) is 0.656. The minimum atomic E-state index is 0.514. The zero-order chi connectivity index (χ0) is 13.2. The highest BCUT2D eigenvalue weighted by molar-refractivity contribution is 6.30. The van der Waals surface area contributed by atoms with Gasteiger partial charge in [-0.3, -0.25) is 5.73 Å². The average molecular weight is 281 g/mol. The molecule has 2 aromatic rings. The first-order valence-electron chi connectivity index (χ1n) is 6.12. The van der Waals surface area contributed by atoms with Crippen LogP contribution in [-0.4, -0.2) is 31.5 Å². The molecule has 6 nitrogen and oxygen atoms in total. The summed E-state index contributed by atoms with van der Waals surface area (Å²) in [5, 5.41) is 6.67. The van der Waals surface area contributed by atoms with Gasteiger partial charge in [0.15, 0.2) is 0 Å². The number of nitrogens with two attached hydrogens (primary N) is 1. The molecule has 1 aliphatic heterocycles. The zero-order valence-corrected chi connectivity index (χ0v) is 11.1. The lowest BCUT2D eigenvalue weighted by Gasteiger charge is -2.33. The molecule has 0 spiro atoms. The molecule has 1 saturated heterocycles. The normalized spacial score (nSPS) is 15.8. The molecule has 2 heterocycles. The maximum absolute atomic E-state index is 5.90. The number of aromatic nitrogens is 2. The molecule has 0 aliphatic carbocycles. The number of halogens is 1. The van der Waals surface area contributed by atoms with E-state index in [0.717, 1.165) is 31.2 Å². The highest BCUT2D eigenvalue weighted by Crippen LogP contribution is 2.18. The fraction of sp³-hybridized carbons (Fsp3) is 0.333. The highest BCUT2D eigenvalue weighted by atomic mass is 35.5. The molecule has 19 heavy (non-hydrogen) atoms. The Labute approximate surface area is 115 Å². The first-order chi connectivity index (χ1) is 9.24. The summed E-state index contributed by atoms with van der Waals surface area (Å²) in [7, 11) is 0. The summed E-state index contributed by atoms with van der Waals surface area (Å²) in [6.07, 6.45) is 1.44. The predicted molar refractivity (Wildman–Crippen MR) is 72.7 cm³/mol. The summed E-state index contributed by atoms with van der Waals surface area (Å²) < 4.78 is 4.84. The van der Waals surface area contributed by atoms with E-state index in [1.807, 2.05) is 24.3 Å². The minimum Gasteiger partial charge on any atom is -0.368 e. The van der Waals surface area contributed by atoms with E-state index in [4.69, 9.17) is 21.9 Å². The summed E-state index contributed by atoms with van der Waals surface area (Å²) in [4.78, 5) is 3.92. The lowest BCUT2D eigenvalue weighted by Crippen LogP contribution is -2.66. The van der Waals surface area contributed by atoms with Gasteiger partial charge in [0.2, 0.25) is 6.26 Å². The first kappa shape index (κ1) is 12.1. The molecule has 1 aromatic heterocycles. The molecule has 0 unspecified atom stereocenters. The molecule has 100 valence electrons. The monoisotopic (exact) mass is 280 g/mol. The van der Waals surface area contributed by atoms with Gasteiger partial charge in [-0.05, 0) is 24.3 Å². The molecule has 0 saturated carbocycles. The summed E-state index contributed by atoms with van der Waals surface area (Å²) in [6, 6.07) is 7.90. The van der Waals surface area contributed by atoms with Crippen LogP contribution in [0.1, 0.15) is 0 Å². The van der Waals surface area contributed by atoms with Crippen LogP contribution in [0.2, 0.25) is 5.02 Å². The van der Waals surface area contributed by atoms with Crippen molar-refractivity contribution in [3.05, 3.63) is 35.6 Å². The van der Waals surface area contributed by atoms with E-state index in [2.05, 4.69) is 15.2 Å². The van der Waals surface area contributed by atoms with Crippen molar-refractivity contribution in [1.82, 2.24) is 5.27 Å². The standard InChI is InChI=1S/C12H15ClN5O/c13-10-1-3-11(4-2-10)16-5-7-17(8-6-16)18-12(14)9-19-15-18/h1-4,9H,5-8,14H2/q+1. The SMILES string of the molecule is Nc1con[n+]1N1CCN(c2ccc(Cl)cc2)CC1. The summed E-state index contributed by atoms with van der Waals surface area (Å²) in [5.41, 5.74) is 6.95. The van der Waals surface area contributed by atoms with Gasteiger partial charge in [-0.25, -0.2) is 5.01 Å². The van der Waals surface area contributed by atoms with E-state index >= 15 is 0 Å².